The summed E-state index contributed by atoms with van der Waals surface area (Å²) in [6.45, 7) is 0. The molecule has 0 amide bonds. The van der Waals surface area contributed by atoms with Crippen LogP contribution in [0.2, 0.25) is 5.02 Å². The number of aromatic nitrogens is 1. The fourth-order valence-corrected chi connectivity index (χ4v) is 1.67. The number of nitrogens with two attached hydrogens (primary N) is 1. The summed E-state index contributed by atoms with van der Waals surface area (Å²) >= 11 is 5.81. The lowest BCUT2D eigenvalue weighted by atomic mass is 10.3. The maximum atomic E-state index is 5.87. The molecule has 3 nitrogen and oxygen atoms in total. The largest absolute Gasteiger partial charge is 0.396 e. The second-order valence-electron chi connectivity index (χ2n) is 3.46. The molecule has 2 N–H and O–H groups in total. The summed E-state index contributed by atoms with van der Waals surface area (Å²) in [6, 6.07) is 11.6. The minimum absolute atomic E-state index is 0.544. The third-order valence-electron chi connectivity index (χ3n) is 2.32. The summed E-state index contributed by atoms with van der Waals surface area (Å²) in [6.07, 6.45) is 1.59. The highest BCUT2D eigenvalue weighted by Crippen LogP contribution is 2.27. The first-order valence-electron chi connectivity index (χ1n) is 4.88. The van der Waals surface area contributed by atoms with Crippen LogP contribution >= 0.6 is 11.6 Å². The van der Waals surface area contributed by atoms with Crippen molar-refractivity contribution in [2.75, 3.05) is 17.7 Å². The number of hydrogen-bond acceptors (Lipinski definition) is 3. The van der Waals surface area contributed by atoms with E-state index in [0.29, 0.717) is 16.5 Å². The van der Waals surface area contributed by atoms with Crippen molar-refractivity contribution in [3.8, 4) is 0 Å². The van der Waals surface area contributed by atoms with E-state index in [9.17, 15) is 0 Å². The Morgan fingerprint density at radius 3 is 2.56 bits per heavy atom. The van der Waals surface area contributed by atoms with E-state index in [-0.39, 0.29) is 0 Å². The number of rotatable bonds is 2. The molecule has 4 heteroatoms. The standard InChI is InChI=1S/C12H12ClN3/c1-16(10-5-3-2-4-6-10)12-11(14)7-9(13)8-15-12/h2-8H,14H2,1H3. The highest BCUT2D eigenvalue weighted by molar-refractivity contribution is 6.30. The molecule has 2 aromatic rings. The Kier molecular flexibility index (Phi) is 2.97. The summed E-state index contributed by atoms with van der Waals surface area (Å²) in [5.41, 5.74) is 7.47. The highest BCUT2D eigenvalue weighted by atomic mass is 35.5. The van der Waals surface area contributed by atoms with E-state index in [0.717, 1.165) is 5.69 Å². The molecule has 0 aliphatic heterocycles. The average Bonchev–Trinajstić information content (AvgIpc) is 2.29. The third-order valence-corrected chi connectivity index (χ3v) is 2.53. The van der Waals surface area contributed by atoms with E-state index in [4.69, 9.17) is 17.3 Å². The molecule has 0 aliphatic rings. The summed E-state index contributed by atoms with van der Waals surface area (Å²) in [5, 5.41) is 0.544. The Labute approximate surface area is 99.5 Å². The molecule has 82 valence electrons. The van der Waals surface area contributed by atoms with Crippen LogP contribution in [0.25, 0.3) is 0 Å². The van der Waals surface area contributed by atoms with Gasteiger partial charge >= 0.3 is 0 Å². The number of halogens is 1. The van der Waals surface area contributed by atoms with Crippen molar-refractivity contribution in [1.82, 2.24) is 4.98 Å². The molecule has 0 bridgehead atoms. The smallest absolute Gasteiger partial charge is 0.156 e. The number of hydrogen-bond donors (Lipinski definition) is 1. The Hall–Kier alpha value is -1.74. The van der Waals surface area contributed by atoms with Gasteiger partial charge in [-0.25, -0.2) is 4.98 Å². The van der Waals surface area contributed by atoms with Crippen molar-refractivity contribution < 1.29 is 0 Å². The van der Waals surface area contributed by atoms with Crippen molar-refractivity contribution in [3.63, 3.8) is 0 Å². The molecule has 0 aliphatic carbocycles. The van der Waals surface area contributed by atoms with Gasteiger partial charge in [-0.1, -0.05) is 29.8 Å². The minimum atomic E-state index is 0.544. The molecule has 16 heavy (non-hydrogen) atoms. The van der Waals surface area contributed by atoms with Gasteiger partial charge in [0.2, 0.25) is 0 Å². The highest BCUT2D eigenvalue weighted by Gasteiger charge is 2.08. The van der Waals surface area contributed by atoms with Crippen molar-refractivity contribution in [2.24, 2.45) is 0 Å². The van der Waals surface area contributed by atoms with Gasteiger partial charge in [-0.15, -0.1) is 0 Å². The lowest BCUT2D eigenvalue weighted by Gasteiger charge is -2.19. The van der Waals surface area contributed by atoms with Crippen LogP contribution in [0.1, 0.15) is 0 Å². The monoisotopic (exact) mass is 233 g/mol. The first-order valence-corrected chi connectivity index (χ1v) is 5.26. The first-order chi connectivity index (χ1) is 7.68. The quantitative estimate of drug-likeness (QED) is 0.867. The molecule has 1 aromatic carbocycles. The maximum absolute atomic E-state index is 5.87. The van der Waals surface area contributed by atoms with E-state index in [1.165, 1.54) is 0 Å². The van der Waals surface area contributed by atoms with Crippen LogP contribution in [-0.2, 0) is 0 Å². The number of benzene rings is 1. The van der Waals surface area contributed by atoms with Gasteiger partial charge in [0.25, 0.3) is 0 Å². The van der Waals surface area contributed by atoms with Gasteiger partial charge in [-0.2, -0.15) is 0 Å². The van der Waals surface area contributed by atoms with Crippen LogP contribution in [-0.4, -0.2) is 12.0 Å². The Morgan fingerprint density at radius 2 is 1.94 bits per heavy atom. The van der Waals surface area contributed by atoms with Crippen LogP contribution < -0.4 is 10.6 Å². The van der Waals surface area contributed by atoms with Crippen molar-refractivity contribution >= 4 is 28.8 Å². The molecule has 0 spiro atoms. The normalized spacial score (nSPS) is 10.1. The molecule has 0 unspecified atom stereocenters. The molecule has 0 fully saturated rings. The number of para-hydroxylation sites is 1. The van der Waals surface area contributed by atoms with Gasteiger partial charge in [0.05, 0.1) is 10.7 Å². The van der Waals surface area contributed by atoms with Gasteiger partial charge in [-0.3, -0.25) is 0 Å². The number of nitrogens with zero attached hydrogens (tertiary/aromatic N) is 2. The van der Waals surface area contributed by atoms with Gasteiger partial charge in [0, 0.05) is 18.9 Å². The maximum Gasteiger partial charge on any atom is 0.156 e. The fraction of sp³-hybridized carbons (Fsp3) is 0.0833. The van der Waals surface area contributed by atoms with Gasteiger partial charge < -0.3 is 10.6 Å². The predicted octanol–water partition coefficient (Wildman–Crippen LogP) is 3.09. The zero-order valence-electron chi connectivity index (χ0n) is 8.89. The molecule has 1 aromatic heterocycles. The fourth-order valence-electron chi connectivity index (χ4n) is 1.50. The second kappa shape index (κ2) is 4.41. The SMILES string of the molecule is CN(c1ccccc1)c1ncc(Cl)cc1N. The summed E-state index contributed by atoms with van der Waals surface area (Å²) in [4.78, 5) is 6.15. The predicted molar refractivity (Wildman–Crippen MR) is 68.2 cm³/mol. The van der Waals surface area contributed by atoms with E-state index in [1.807, 2.05) is 42.3 Å². The number of pyridine rings is 1. The van der Waals surface area contributed by atoms with Gasteiger partial charge in [0.15, 0.2) is 5.82 Å². The molecule has 0 radical (unpaired) electrons. The summed E-state index contributed by atoms with van der Waals surface area (Å²) in [7, 11) is 1.92. The van der Waals surface area contributed by atoms with Crippen molar-refractivity contribution in [2.45, 2.75) is 0 Å². The molecular weight excluding hydrogens is 222 g/mol. The van der Waals surface area contributed by atoms with Gasteiger partial charge in [-0.05, 0) is 18.2 Å². The molecule has 2 rings (SSSR count). The summed E-state index contributed by atoms with van der Waals surface area (Å²) in [5.74, 6) is 0.704. The molecular formula is C12H12ClN3. The first kappa shape index (κ1) is 10.8. The van der Waals surface area contributed by atoms with Crippen LogP contribution in [0, 0.1) is 0 Å². The van der Waals surface area contributed by atoms with E-state index >= 15 is 0 Å². The zero-order chi connectivity index (χ0) is 11.5. The van der Waals surface area contributed by atoms with E-state index in [2.05, 4.69) is 4.98 Å². The Balaban J connectivity index is 2.38. The third kappa shape index (κ3) is 2.09. The average molecular weight is 234 g/mol. The molecule has 1 heterocycles. The second-order valence-corrected chi connectivity index (χ2v) is 3.90. The minimum Gasteiger partial charge on any atom is -0.396 e. The van der Waals surface area contributed by atoms with Crippen LogP contribution in [0.15, 0.2) is 42.6 Å². The summed E-state index contributed by atoms with van der Waals surface area (Å²) < 4.78 is 0. The van der Waals surface area contributed by atoms with E-state index < -0.39 is 0 Å². The number of nitrogen functional groups attached to an aromatic ring is 1. The lowest BCUT2D eigenvalue weighted by molar-refractivity contribution is 1.13. The molecule has 0 saturated heterocycles. The van der Waals surface area contributed by atoms with Crippen LogP contribution in [0.4, 0.5) is 17.2 Å². The topological polar surface area (TPSA) is 42.2 Å². The number of anilines is 3. The molecule has 0 atom stereocenters. The Morgan fingerprint density at radius 1 is 1.25 bits per heavy atom. The van der Waals surface area contributed by atoms with Crippen LogP contribution in [0.3, 0.4) is 0 Å². The van der Waals surface area contributed by atoms with E-state index in [1.54, 1.807) is 12.3 Å². The molecule has 0 saturated carbocycles. The zero-order valence-corrected chi connectivity index (χ0v) is 9.65. The van der Waals surface area contributed by atoms with Crippen molar-refractivity contribution in [1.29, 1.82) is 0 Å². The Bertz CT molecular complexity index is 485. The van der Waals surface area contributed by atoms with Gasteiger partial charge in [0.1, 0.15) is 0 Å². The lowest BCUT2D eigenvalue weighted by Crippen LogP contribution is -2.13. The van der Waals surface area contributed by atoms with Crippen LogP contribution in [0.5, 0.6) is 0 Å². The van der Waals surface area contributed by atoms with Crippen molar-refractivity contribution in [3.05, 3.63) is 47.6 Å².